The molecule has 0 saturated carbocycles. The number of carbonyl (C=O) groups excluding carboxylic acids is 3. The molecular weight excluding hydrogens is 378 g/mol. The first-order valence-corrected chi connectivity index (χ1v) is 8.70. The van der Waals surface area contributed by atoms with Crippen LogP contribution in [0.1, 0.15) is 16.2 Å². The van der Waals surface area contributed by atoms with Gasteiger partial charge in [-0.25, -0.2) is 0 Å². The Morgan fingerprint density at radius 2 is 1.83 bits per heavy atom. The highest BCUT2D eigenvalue weighted by Gasteiger charge is 2.18. The highest BCUT2D eigenvalue weighted by atomic mass is 16.5. The van der Waals surface area contributed by atoms with E-state index in [9.17, 15) is 14.4 Å². The summed E-state index contributed by atoms with van der Waals surface area (Å²) in [6, 6.07) is 12.2. The Balaban J connectivity index is 1.47. The lowest BCUT2D eigenvalue weighted by molar-refractivity contribution is -0.132. The average Bonchev–Trinajstić information content (AvgIpc) is 3.35. The molecule has 0 saturated heterocycles. The fourth-order valence-electron chi connectivity index (χ4n) is 2.41. The average molecular weight is 397 g/mol. The number of hydrogen-bond acceptors (Lipinski definition) is 7. The van der Waals surface area contributed by atoms with Gasteiger partial charge in [0.2, 0.25) is 11.8 Å². The zero-order valence-electron chi connectivity index (χ0n) is 15.8. The van der Waals surface area contributed by atoms with Crippen molar-refractivity contribution in [1.82, 2.24) is 20.5 Å². The van der Waals surface area contributed by atoms with Gasteiger partial charge in [0.05, 0.1) is 13.1 Å². The number of aromatic nitrogens is 2. The topological polar surface area (TPSA) is 131 Å². The van der Waals surface area contributed by atoms with Gasteiger partial charge in [-0.2, -0.15) is 0 Å². The molecule has 0 aliphatic rings. The molecule has 0 spiro atoms. The molecule has 0 aliphatic carbocycles. The van der Waals surface area contributed by atoms with E-state index in [0.29, 0.717) is 11.5 Å². The first kappa shape index (κ1) is 19.8. The van der Waals surface area contributed by atoms with Crippen LogP contribution in [-0.4, -0.2) is 53.1 Å². The Labute approximate surface area is 165 Å². The van der Waals surface area contributed by atoms with E-state index in [1.807, 2.05) is 30.3 Å². The summed E-state index contributed by atoms with van der Waals surface area (Å²) in [5.41, 5.74) is 0.835. The summed E-state index contributed by atoms with van der Waals surface area (Å²) in [5.74, 6) is -0.183. The SMILES string of the molecule is Cc1cc(NC(=O)CN(C)C(=O)CNC(=O)c2cc(-c3ccccc3)on2)no1. The maximum atomic E-state index is 12.2. The number of aryl methyl sites for hydroxylation is 1. The Hall–Kier alpha value is -3.95. The highest BCUT2D eigenvalue weighted by Crippen LogP contribution is 2.19. The third-order valence-corrected chi connectivity index (χ3v) is 3.90. The van der Waals surface area contributed by atoms with E-state index >= 15 is 0 Å². The number of anilines is 1. The molecule has 150 valence electrons. The van der Waals surface area contributed by atoms with Gasteiger partial charge in [-0.3, -0.25) is 14.4 Å². The van der Waals surface area contributed by atoms with Crippen LogP contribution in [0.5, 0.6) is 0 Å². The van der Waals surface area contributed by atoms with E-state index in [0.717, 1.165) is 5.56 Å². The molecule has 1 aromatic carbocycles. The second kappa shape index (κ2) is 8.83. The van der Waals surface area contributed by atoms with Gasteiger partial charge in [0, 0.05) is 24.7 Å². The van der Waals surface area contributed by atoms with Crippen LogP contribution < -0.4 is 10.6 Å². The van der Waals surface area contributed by atoms with E-state index in [4.69, 9.17) is 9.05 Å². The molecule has 10 nitrogen and oxygen atoms in total. The summed E-state index contributed by atoms with van der Waals surface area (Å²) in [7, 11) is 1.45. The number of rotatable bonds is 7. The number of nitrogens with zero attached hydrogens (tertiary/aromatic N) is 3. The van der Waals surface area contributed by atoms with Crippen LogP contribution in [0.3, 0.4) is 0 Å². The molecule has 0 aliphatic heterocycles. The molecule has 3 amide bonds. The number of benzene rings is 1. The van der Waals surface area contributed by atoms with Gasteiger partial charge in [0.1, 0.15) is 5.76 Å². The van der Waals surface area contributed by atoms with Gasteiger partial charge in [0.25, 0.3) is 5.91 Å². The van der Waals surface area contributed by atoms with Crippen LogP contribution in [0, 0.1) is 6.92 Å². The summed E-state index contributed by atoms with van der Waals surface area (Å²) >= 11 is 0. The monoisotopic (exact) mass is 397 g/mol. The number of nitrogens with one attached hydrogen (secondary N) is 2. The molecule has 0 radical (unpaired) electrons. The summed E-state index contributed by atoms with van der Waals surface area (Å²) in [5, 5.41) is 12.3. The summed E-state index contributed by atoms with van der Waals surface area (Å²) in [6.45, 7) is 1.20. The lowest BCUT2D eigenvalue weighted by Gasteiger charge is -2.16. The Bertz CT molecular complexity index is 1010. The van der Waals surface area contributed by atoms with Gasteiger partial charge >= 0.3 is 0 Å². The van der Waals surface area contributed by atoms with Crippen molar-refractivity contribution in [2.24, 2.45) is 0 Å². The molecule has 10 heteroatoms. The molecule has 2 N–H and O–H groups in total. The lowest BCUT2D eigenvalue weighted by Crippen LogP contribution is -2.41. The molecule has 29 heavy (non-hydrogen) atoms. The number of carbonyl (C=O) groups is 3. The van der Waals surface area contributed by atoms with Gasteiger partial charge in [-0.05, 0) is 6.92 Å². The molecule has 0 unspecified atom stereocenters. The summed E-state index contributed by atoms with van der Waals surface area (Å²) < 4.78 is 10.0. The Morgan fingerprint density at radius 1 is 1.07 bits per heavy atom. The minimum absolute atomic E-state index is 0.0541. The number of likely N-dealkylation sites (N-methyl/N-ethyl adjacent to an activating group) is 1. The second-order valence-corrected chi connectivity index (χ2v) is 6.25. The molecule has 2 heterocycles. The highest BCUT2D eigenvalue weighted by molar-refractivity contribution is 5.97. The summed E-state index contributed by atoms with van der Waals surface area (Å²) in [6.07, 6.45) is 0. The van der Waals surface area contributed by atoms with Crippen LogP contribution >= 0.6 is 0 Å². The zero-order chi connectivity index (χ0) is 20.8. The number of amides is 3. The van der Waals surface area contributed by atoms with Crippen molar-refractivity contribution in [3.63, 3.8) is 0 Å². The van der Waals surface area contributed by atoms with Crippen LogP contribution in [0.2, 0.25) is 0 Å². The van der Waals surface area contributed by atoms with Crippen molar-refractivity contribution < 1.29 is 23.4 Å². The van der Waals surface area contributed by atoms with Gasteiger partial charge < -0.3 is 24.6 Å². The van der Waals surface area contributed by atoms with E-state index in [-0.39, 0.29) is 24.6 Å². The van der Waals surface area contributed by atoms with Crippen molar-refractivity contribution in [3.8, 4) is 11.3 Å². The van der Waals surface area contributed by atoms with Crippen LogP contribution in [0.15, 0.2) is 51.5 Å². The predicted molar refractivity (Wildman–Crippen MR) is 102 cm³/mol. The first-order valence-electron chi connectivity index (χ1n) is 8.70. The quantitative estimate of drug-likeness (QED) is 0.617. The minimum Gasteiger partial charge on any atom is -0.360 e. The van der Waals surface area contributed by atoms with Crippen LogP contribution in [0.25, 0.3) is 11.3 Å². The van der Waals surface area contributed by atoms with Crippen LogP contribution in [0.4, 0.5) is 5.82 Å². The Morgan fingerprint density at radius 3 is 2.52 bits per heavy atom. The number of hydrogen-bond donors (Lipinski definition) is 2. The van der Waals surface area contributed by atoms with Crippen molar-refractivity contribution in [2.45, 2.75) is 6.92 Å². The largest absolute Gasteiger partial charge is 0.360 e. The molecule has 3 rings (SSSR count). The van der Waals surface area contributed by atoms with Crippen molar-refractivity contribution in [3.05, 3.63) is 53.9 Å². The molecule has 0 fully saturated rings. The van der Waals surface area contributed by atoms with E-state index in [2.05, 4.69) is 20.9 Å². The first-order chi connectivity index (χ1) is 13.9. The molecule has 0 bridgehead atoms. The Kier molecular flexibility index (Phi) is 6.03. The van der Waals surface area contributed by atoms with E-state index < -0.39 is 17.7 Å². The van der Waals surface area contributed by atoms with Crippen molar-refractivity contribution in [2.75, 3.05) is 25.5 Å². The standard InChI is InChI=1S/C19H19N5O5/c1-12-8-16(23-28-12)21-17(25)11-24(2)18(26)10-20-19(27)14-9-15(29-22-14)13-6-4-3-5-7-13/h3-9H,10-11H2,1-2H3,(H,20,27)(H,21,23,25). The third kappa shape index (κ3) is 5.28. The van der Waals surface area contributed by atoms with Gasteiger partial charge in [0.15, 0.2) is 17.3 Å². The van der Waals surface area contributed by atoms with Gasteiger partial charge in [-0.15, -0.1) is 0 Å². The normalized spacial score (nSPS) is 10.4. The van der Waals surface area contributed by atoms with Crippen LogP contribution in [-0.2, 0) is 9.59 Å². The summed E-state index contributed by atoms with van der Waals surface area (Å²) in [4.78, 5) is 37.4. The smallest absolute Gasteiger partial charge is 0.273 e. The molecule has 3 aromatic rings. The maximum Gasteiger partial charge on any atom is 0.273 e. The van der Waals surface area contributed by atoms with Crippen molar-refractivity contribution >= 4 is 23.5 Å². The molecular formula is C19H19N5O5. The van der Waals surface area contributed by atoms with Crippen molar-refractivity contribution in [1.29, 1.82) is 0 Å². The zero-order valence-corrected chi connectivity index (χ0v) is 15.8. The second-order valence-electron chi connectivity index (χ2n) is 6.25. The fraction of sp³-hybridized carbons (Fsp3) is 0.211. The molecule has 0 atom stereocenters. The molecule has 2 aromatic heterocycles. The predicted octanol–water partition coefficient (Wildman–Crippen LogP) is 1.46. The third-order valence-electron chi connectivity index (χ3n) is 3.90. The van der Waals surface area contributed by atoms with E-state index in [1.54, 1.807) is 13.0 Å². The lowest BCUT2D eigenvalue weighted by atomic mass is 10.1. The van der Waals surface area contributed by atoms with E-state index in [1.165, 1.54) is 18.0 Å². The minimum atomic E-state index is -0.555. The fourth-order valence-corrected chi connectivity index (χ4v) is 2.41. The van der Waals surface area contributed by atoms with Gasteiger partial charge in [-0.1, -0.05) is 40.6 Å². The maximum absolute atomic E-state index is 12.2.